The molecule has 0 amide bonds. The van der Waals surface area contributed by atoms with Gasteiger partial charge in [-0.05, 0) is 26.3 Å². The van der Waals surface area contributed by atoms with Crippen molar-refractivity contribution in [1.82, 2.24) is 0 Å². The second-order valence-corrected chi connectivity index (χ2v) is 4.54. The number of benzene rings is 1. The zero-order chi connectivity index (χ0) is 11.8. The summed E-state index contributed by atoms with van der Waals surface area (Å²) < 4.78 is 16.3. The van der Waals surface area contributed by atoms with Crippen molar-refractivity contribution in [2.75, 3.05) is 13.2 Å². The molecule has 1 aromatic carbocycles. The van der Waals surface area contributed by atoms with Gasteiger partial charge in [-0.1, -0.05) is 29.8 Å². The lowest BCUT2D eigenvalue weighted by molar-refractivity contribution is 0.164. The Bertz CT molecular complexity index is 281. The molecule has 90 valence electrons. The maximum atomic E-state index is 5.57. The van der Waals surface area contributed by atoms with E-state index in [0.717, 1.165) is 5.56 Å². The van der Waals surface area contributed by atoms with Crippen LogP contribution in [0.5, 0.6) is 0 Å². The van der Waals surface area contributed by atoms with E-state index in [2.05, 4.69) is 31.2 Å². The van der Waals surface area contributed by atoms with E-state index in [1.807, 2.05) is 13.8 Å². The minimum Gasteiger partial charge on any atom is -0.313 e. The number of hydrogen-bond donors (Lipinski definition) is 0. The topological polar surface area (TPSA) is 27.7 Å². The predicted octanol–water partition coefficient (Wildman–Crippen LogP) is 3.81. The van der Waals surface area contributed by atoms with E-state index in [1.54, 1.807) is 0 Å². The molecule has 0 fully saturated rings. The molecule has 0 bridgehead atoms. The van der Waals surface area contributed by atoms with Crippen molar-refractivity contribution < 1.29 is 13.6 Å². The maximum absolute atomic E-state index is 5.57. The van der Waals surface area contributed by atoms with Crippen molar-refractivity contribution in [3.63, 3.8) is 0 Å². The first-order valence-corrected chi connectivity index (χ1v) is 6.60. The van der Waals surface area contributed by atoms with Gasteiger partial charge in [-0.25, -0.2) is 0 Å². The van der Waals surface area contributed by atoms with Gasteiger partial charge in [0.2, 0.25) is 0 Å². The van der Waals surface area contributed by atoms with Gasteiger partial charge in [0.05, 0.1) is 19.8 Å². The summed E-state index contributed by atoms with van der Waals surface area (Å²) in [5.41, 5.74) is 2.39. The Kier molecular flexibility index (Phi) is 6.58. The van der Waals surface area contributed by atoms with Gasteiger partial charge in [-0.3, -0.25) is 0 Å². The fourth-order valence-corrected chi connectivity index (χ4v) is 2.03. The molecular weight excluding hydrogens is 223 g/mol. The van der Waals surface area contributed by atoms with Crippen LogP contribution in [0.15, 0.2) is 24.3 Å². The molecule has 0 unspecified atom stereocenters. The monoisotopic (exact) mass is 242 g/mol. The minimum absolute atomic E-state index is 0.534. The molecule has 3 nitrogen and oxygen atoms in total. The summed E-state index contributed by atoms with van der Waals surface area (Å²) in [5, 5.41) is 0. The first-order valence-electron chi connectivity index (χ1n) is 5.50. The Morgan fingerprint density at radius 1 is 0.938 bits per heavy atom. The van der Waals surface area contributed by atoms with Crippen molar-refractivity contribution >= 4 is 8.60 Å². The number of aryl methyl sites for hydroxylation is 1. The number of rotatable bonds is 7. The van der Waals surface area contributed by atoms with Gasteiger partial charge < -0.3 is 13.6 Å². The molecule has 0 spiro atoms. The molecule has 0 heterocycles. The predicted molar refractivity (Wildman–Crippen MR) is 66.1 cm³/mol. The van der Waals surface area contributed by atoms with E-state index in [0.29, 0.717) is 19.8 Å². The van der Waals surface area contributed by atoms with Crippen LogP contribution < -0.4 is 0 Å². The van der Waals surface area contributed by atoms with Gasteiger partial charge in [0.1, 0.15) is 0 Å². The quantitative estimate of drug-likeness (QED) is 0.680. The first kappa shape index (κ1) is 13.6. The molecule has 4 heteroatoms. The highest BCUT2D eigenvalue weighted by Crippen LogP contribution is 2.40. The van der Waals surface area contributed by atoms with Crippen molar-refractivity contribution in [3.8, 4) is 0 Å². The zero-order valence-electron chi connectivity index (χ0n) is 10.1. The summed E-state index contributed by atoms with van der Waals surface area (Å²) in [6.07, 6.45) is 0. The molecule has 0 atom stereocenters. The Morgan fingerprint density at radius 3 is 2.00 bits per heavy atom. The largest absolute Gasteiger partial charge is 0.332 e. The Hall–Kier alpha value is -0.470. The first-order chi connectivity index (χ1) is 7.76. The summed E-state index contributed by atoms with van der Waals surface area (Å²) in [6, 6.07) is 8.26. The van der Waals surface area contributed by atoms with Crippen molar-refractivity contribution in [2.24, 2.45) is 0 Å². The van der Waals surface area contributed by atoms with Crippen LogP contribution in [0.25, 0.3) is 0 Å². The highest BCUT2D eigenvalue weighted by molar-refractivity contribution is 7.41. The van der Waals surface area contributed by atoms with E-state index < -0.39 is 8.60 Å². The molecule has 1 rings (SSSR count). The summed E-state index contributed by atoms with van der Waals surface area (Å²) in [7, 11) is -1.19. The molecule has 0 aliphatic carbocycles. The lowest BCUT2D eigenvalue weighted by atomic mass is 10.2. The van der Waals surface area contributed by atoms with Crippen LogP contribution in [0, 0.1) is 6.92 Å². The van der Waals surface area contributed by atoms with E-state index >= 15 is 0 Å². The molecule has 16 heavy (non-hydrogen) atoms. The highest BCUT2D eigenvalue weighted by Gasteiger charge is 2.10. The lowest BCUT2D eigenvalue weighted by Gasteiger charge is -2.14. The average molecular weight is 242 g/mol. The van der Waals surface area contributed by atoms with Crippen LogP contribution in [0.2, 0.25) is 0 Å². The highest BCUT2D eigenvalue weighted by atomic mass is 31.2. The van der Waals surface area contributed by atoms with Crippen LogP contribution >= 0.6 is 8.60 Å². The molecule has 0 radical (unpaired) electrons. The smallest absolute Gasteiger partial charge is 0.313 e. The SMILES string of the molecule is CCOP(OCC)OCc1ccc(C)cc1. The molecule has 0 saturated heterocycles. The van der Waals surface area contributed by atoms with Crippen LogP contribution in [-0.2, 0) is 20.2 Å². The fraction of sp³-hybridized carbons (Fsp3) is 0.500. The molecule has 0 aromatic heterocycles. The van der Waals surface area contributed by atoms with Gasteiger partial charge in [-0.2, -0.15) is 0 Å². The van der Waals surface area contributed by atoms with Gasteiger partial charge in [-0.15, -0.1) is 0 Å². The molecule has 0 aliphatic rings. The molecule has 0 N–H and O–H groups in total. The molecule has 1 aromatic rings. The standard InChI is InChI=1S/C12H19O3P/c1-4-13-16(14-5-2)15-10-12-8-6-11(3)7-9-12/h6-9H,4-5,10H2,1-3H3. The van der Waals surface area contributed by atoms with E-state index in [-0.39, 0.29) is 0 Å². The zero-order valence-corrected chi connectivity index (χ0v) is 11.0. The summed E-state index contributed by atoms with van der Waals surface area (Å²) >= 11 is 0. The van der Waals surface area contributed by atoms with E-state index in [9.17, 15) is 0 Å². The van der Waals surface area contributed by atoms with E-state index in [4.69, 9.17) is 13.6 Å². The summed E-state index contributed by atoms with van der Waals surface area (Å²) in [5.74, 6) is 0. The van der Waals surface area contributed by atoms with Crippen LogP contribution in [-0.4, -0.2) is 13.2 Å². The third-order valence-corrected chi connectivity index (χ3v) is 3.20. The fourth-order valence-electron chi connectivity index (χ4n) is 1.13. The second-order valence-electron chi connectivity index (χ2n) is 3.32. The van der Waals surface area contributed by atoms with E-state index in [1.165, 1.54) is 5.56 Å². The van der Waals surface area contributed by atoms with Crippen molar-refractivity contribution in [1.29, 1.82) is 0 Å². The van der Waals surface area contributed by atoms with Crippen molar-refractivity contribution in [2.45, 2.75) is 27.4 Å². The van der Waals surface area contributed by atoms with Gasteiger partial charge in [0.25, 0.3) is 0 Å². The second kappa shape index (κ2) is 7.75. The Balaban J connectivity index is 2.38. The van der Waals surface area contributed by atoms with Crippen molar-refractivity contribution in [3.05, 3.63) is 35.4 Å². The Labute approximate surface area is 98.7 Å². The Morgan fingerprint density at radius 2 is 1.50 bits per heavy atom. The van der Waals surface area contributed by atoms with Crippen LogP contribution in [0.4, 0.5) is 0 Å². The number of hydrogen-bond acceptors (Lipinski definition) is 3. The normalized spacial score (nSPS) is 11.0. The molecule has 0 aliphatic heterocycles. The molecule has 0 saturated carbocycles. The summed E-state index contributed by atoms with van der Waals surface area (Å²) in [4.78, 5) is 0. The average Bonchev–Trinajstić information content (AvgIpc) is 2.29. The van der Waals surface area contributed by atoms with Gasteiger partial charge in [0, 0.05) is 0 Å². The molecular formula is C12H19O3P. The minimum atomic E-state index is -1.19. The third-order valence-electron chi connectivity index (χ3n) is 1.93. The van der Waals surface area contributed by atoms with Crippen LogP contribution in [0.3, 0.4) is 0 Å². The summed E-state index contributed by atoms with van der Waals surface area (Å²) in [6.45, 7) is 7.69. The van der Waals surface area contributed by atoms with Gasteiger partial charge >= 0.3 is 8.60 Å². The third kappa shape index (κ3) is 5.04. The lowest BCUT2D eigenvalue weighted by Crippen LogP contribution is -1.96. The van der Waals surface area contributed by atoms with Crippen LogP contribution in [0.1, 0.15) is 25.0 Å². The maximum Gasteiger partial charge on any atom is 0.332 e. The van der Waals surface area contributed by atoms with Gasteiger partial charge in [0.15, 0.2) is 0 Å².